The largest absolute Gasteiger partial charge is 0.371 e. The first-order valence-electron chi connectivity index (χ1n) is 10.0. The van der Waals surface area contributed by atoms with Gasteiger partial charge in [0.05, 0.1) is 5.69 Å². The molecule has 1 aliphatic heterocycles. The summed E-state index contributed by atoms with van der Waals surface area (Å²) in [6.07, 6.45) is 2.42. The first-order chi connectivity index (χ1) is 13.8. The molecule has 0 radical (unpaired) electrons. The lowest BCUT2D eigenvalue weighted by atomic mass is 9.82. The third kappa shape index (κ3) is 4.23. The molecule has 0 atom stereocenters. The molecule has 2 aromatic carbocycles. The van der Waals surface area contributed by atoms with Crippen LogP contribution in [0.5, 0.6) is 0 Å². The number of rotatable bonds is 4. The highest BCUT2D eigenvalue weighted by molar-refractivity contribution is 6.30. The number of nitrogens with zero attached hydrogens (tertiary/aromatic N) is 2. The van der Waals surface area contributed by atoms with Crippen LogP contribution in [-0.2, 0) is 0 Å². The number of carbonyl (C=O) groups is 1. The summed E-state index contributed by atoms with van der Waals surface area (Å²) >= 11 is 6.00. The molecule has 3 aromatic rings. The Morgan fingerprint density at radius 1 is 1.00 bits per heavy atom. The molecular formula is C24H26ClN3O. The van der Waals surface area contributed by atoms with Gasteiger partial charge < -0.3 is 9.88 Å². The van der Waals surface area contributed by atoms with Crippen molar-refractivity contribution in [2.24, 2.45) is 5.41 Å². The van der Waals surface area contributed by atoms with Crippen molar-refractivity contribution in [3.05, 3.63) is 59.2 Å². The van der Waals surface area contributed by atoms with E-state index in [9.17, 15) is 4.79 Å². The molecule has 1 aromatic heterocycles. The number of anilines is 1. The van der Waals surface area contributed by atoms with Gasteiger partial charge in [0.15, 0.2) is 5.78 Å². The smallest absolute Gasteiger partial charge is 0.178 e. The summed E-state index contributed by atoms with van der Waals surface area (Å²) in [6, 6.07) is 15.8. The average molecular weight is 408 g/mol. The molecule has 1 aliphatic rings. The molecule has 0 saturated carbocycles. The number of Topliss-reactive ketones (excluding diaryl/α,β-unsaturated/α-hetero) is 1. The van der Waals surface area contributed by atoms with Crippen molar-refractivity contribution in [1.29, 1.82) is 0 Å². The minimum atomic E-state index is -0.0405. The monoisotopic (exact) mass is 407 g/mol. The van der Waals surface area contributed by atoms with Gasteiger partial charge >= 0.3 is 0 Å². The molecule has 1 fully saturated rings. The number of aromatic amines is 1. The summed E-state index contributed by atoms with van der Waals surface area (Å²) < 4.78 is 0. The molecule has 150 valence electrons. The maximum atomic E-state index is 12.2. The molecule has 0 aliphatic carbocycles. The van der Waals surface area contributed by atoms with E-state index in [-0.39, 0.29) is 5.78 Å². The van der Waals surface area contributed by atoms with Gasteiger partial charge in [-0.1, -0.05) is 37.6 Å². The number of ketones is 1. The number of piperidine rings is 1. The van der Waals surface area contributed by atoms with Crippen molar-refractivity contribution in [3.63, 3.8) is 0 Å². The van der Waals surface area contributed by atoms with Crippen molar-refractivity contribution < 1.29 is 4.79 Å². The fourth-order valence-corrected chi connectivity index (χ4v) is 3.91. The van der Waals surface area contributed by atoms with Crippen molar-refractivity contribution in [1.82, 2.24) is 9.97 Å². The van der Waals surface area contributed by atoms with Crippen LogP contribution in [0.25, 0.3) is 22.6 Å². The molecule has 0 bridgehead atoms. The van der Waals surface area contributed by atoms with E-state index in [1.54, 1.807) is 6.92 Å². The van der Waals surface area contributed by atoms with Gasteiger partial charge in [-0.2, -0.15) is 0 Å². The number of benzene rings is 2. The Kier molecular flexibility index (Phi) is 5.22. The SMILES string of the molecule is CC(=O)c1[nH]c(-c2ccc(N3CCC(C)(C)CC3)cc2)nc1-c1ccc(Cl)cc1. The second-order valence-corrected chi connectivity index (χ2v) is 9.01. The number of halogens is 1. The third-order valence-corrected chi connectivity index (χ3v) is 6.05. The number of H-pyrrole nitrogens is 1. The van der Waals surface area contributed by atoms with Crippen LogP contribution in [0.15, 0.2) is 48.5 Å². The van der Waals surface area contributed by atoms with E-state index < -0.39 is 0 Å². The number of aromatic nitrogens is 2. The normalized spacial score (nSPS) is 16.1. The maximum absolute atomic E-state index is 12.2. The predicted molar refractivity (Wildman–Crippen MR) is 120 cm³/mol. The van der Waals surface area contributed by atoms with Crippen molar-refractivity contribution in [2.45, 2.75) is 33.6 Å². The highest BCUT2D eigenvalue weighted by Crippen LogP contribution is 2.33. The fourth-order valence-electron chi connectivity index (χ4n) is 3.78. The summed E-state index contributed by atoms with van der Waals surface area (Å²) in [5.74, 6) is 0.660. The van der Waals surface area contributed by atoms with Gasteiger partial charge in [-0.25, -0.2) is 4.98 Å². The van der Waals surface area contributed by atoms with Crippen molar-refractivity contribution in [3.8, 4) is 22.6 Å². The van der Waals surface area contributed by atoms with Crippen LogP contribution in [0.4, 0.5) is 5.69 Å². The molecule has 29 heavy (non-hydrogen) atoms. The van der Waals surface area contributed by atoms with Crippen molar-refractivity contribution in [2.75, 3.05) is 18.0 Å². The summed E-state index contributed by atoms with van der Waals surface area (Å²) in [6.45, 7) is 8.41. The molecular weight excluding hydrogens is 382 g/mol. The molecule has 4 nitrogen and oxygen atoms in total. The summed E-state index contributed by atoms with van der Waals surface area (Å²) in [5.41, 5.74) is 4.69. The molecule has 0 unspecified atom stereocenters. The van der Waals surface area contributed by atoms with Gasteiger partial charge in [-0.3, -0.25) is 4.79 Å². The zero-order valence-corrected chi connectivity index (χ0v) is 17.9. The topological polar surface area (TPSA) is 49.0 Å². The second kappa shape index (κ2) is 7.68. The van der Waals surface area contributed by atoms with Crippen LogP contribution in [0.2, 0.25) is 5.02 Å². The van der Waals surface area contributed by atoms with Gasteiger partial charge in [0.25, 0.3) is 0 Å². The van der Waals surface area contributed by atoms with Gasteiger partial charge in [0, 0.05) is 41.9 Å². The standard InChI is InChI=1S/C24H26ClN3O/c1-16(29)21-22(17-4-8-19(25)9-5-17)27-23(26-21)18-6-10-20(11-7-18)28-14-12-24(2,3)13-15-28/h4-11H,12-15H2,1-3H3,(H,26,27). The van der Waals surface area contributed by atoms with E-state index in [0.29, 0.717) is 27.6 Å². The Bertz CT molecular complexity index is 1010. The first-order valence-corrected chi connectivity index (χ1v) is 10.4. The molecule has 0 spiro atoms. The molecule has 1 saturated heterocycles. The van der Waals surface area contributed by atoms with Crippen molar-refractivity contribution >= 4 is 23.1 Å². The molecule has 1 N–H and O–H groups in total. The van der Waals surface area contributed by atoms with Gasteiger partial charge in [0.2, 0.25) is 0 Å². The number of hydrogen-bond acceptors (Lipinski definition) is 3. The lowest BCUT2D eigenvalue weighted by Crippen LogP contribution is -2.37. The Hall–Kier alpha value is -2.59. The van der Waals surface area contributed by atoms with E-state index in [2.05, 4.69) is 48.0 Å². The highest BCUT2D eigenvalue weighted by atomic mass is 35.5. The Morgan fingerprint density at radius 3 is 2.17 bits per heavy atom. The van der Waals surface area contributed by atoms with E-state index in [1.165, 1.54) is 18.5 Å². The van der Waals surface area contributed by atoms with Gasteiger partial charge in [0.1, 0.15) is 11.5 Å². The minimum absolute atomic E-state index is 0.0405. The Morgan fingerprint density at radius 2 is 1.59 bits per heavy atom. The Balaban J connectivity index is 1.61. The van der Waals surface area contributed by atoms with E-state index in [4.69, 9.17) is 16.6 Å². The molecule has 2 heterocycles. The second-order valence-electron chi connectivity index (χ2n) is 8.57. The summed E-state index contributed by atoms with van der Waals surface area (Å²) in [7, 11) is 0. The maximum Gasteiger partial charge on any atom is 0.178 e. The fraction of sp³-hybridized carbons (Fsp3) is 0.333. The van der Waals surface area contributed by atoms with E-state index in [1.807, 2.05) is 24.3 Å². The highest BCUT2D eigenvalue weighted by Gasteiger charge is 2.25. The quantitative estimate of drug-likeness (QED) is 0.522. The van der Waals surface area contributed by atoms with Crippen LogP contribution in [0, 0.1) is 5.41 Å². The zero-order valence-electron chi connectivity index (χ0n) is 17.1. The zero-order chi connectivity index (χ0) is 20.6. The first kappa shape index (κ1) is 19.7. The van der Waals surface area contributed by atoms with Gasteiger partial charge in [-0.15, -0.1) is 0 Å². The van der Waals surface area contributed by atoms with Crippen LogP contribution in [-0.4, -0.2) is 28.8 Å². The number of nitrogens with one attached hydrogen (secondary N) is 1. The lowest BCUT2D eigenvalue weighted by Gasteiger charge is -2.38. The van der Waals surface area contributed by atoms with Crippen LogP contribution >= 0.6 is 11.6 Å². The van der Waals surface area contributed by atoms with Crippen LogP contribution in [0.3, 0.4) is 0 Å². The molecule has 5 heteroatoms. The minimum Gasteiger partial charge on any atom is -0.371 e. The van der Waals surface area contributed by atoms with Gasteiger partial charge in [-0.05, 0) is 54.7 Å². The van der Waals surface area contributed by atoms with E-state index >= 15 is 0 Å². The number of hydrogen-bond donors (Lipinski definition) is 1. The third-order valence-electron chi connectivity index (χ3n) is 5.80. The summed E-state index contributed by atoms with van der Waals surface area (Å²) in [4.78, 5) is 22.5. The number of carbonyl (C=O) groups excluding carboxylic acids is 1. The Labute approximate surface area is 176 Å². The molecule has 0 amide bonds. The van der Waals surface area contributed by atoms with Crippen LogP contribution < -0.4 is 4.90 Å². The number of imidazole rings is 1. The average Bonchev–Trinajstić information content (AvgIpc) is 3.14. The van der Waals surface area contributed by atoms with E-state index in [0.717, 1.165) is 24.2 Å². The lowest BCUT2D eigenvalue weighted by molar-refractivity contribution is 0.101. The predicted octanol–water partition coefficient (Wildman–Crippen LogP) is 6.23. The van der Waals surface area contributed by atoms with Crippen LogP contribution in [0.1, 0.15) is 44.1 Å². The summed E-state index contributed by atoms with van der Waals surface area (Å²) in [5, 5.41) is 0.658. The molecule has 4 rings (SSSR count).